The third-order valence-electron chi connectivity index (χ3n) is 2.44. The lowest BCUT2D eigenvalue weighted by Crippen LogP contribution is -2.40. The van der Waals surface area contributed by atoms with Crippen LogP contribution in [0.5, 0.6) is 0 Å². The minimum absolute atomic E-state index is 0.237. The molecule has 1 aliphatic heterocycles. The summed E-state index contributed by atoms with van der Waals surface area (Å²) < 4.78 is 0. The largest absolute Gasteiger partial charge is 0.368 e. The maximum Gasteiger partial charge on any atom is 0.223 e. The summed E-state index contributed by atoms with van der Waals surface area (Å²) in [5.41, 5.74) is 5.60. The molecule has 1 aromatic heterocycles. The average Bonchev–Trinajstić information content (AvgIpc) is 2.14. The Hall–Kier alpha value is -0.680. The first kappa shape index (κ1) is 11.8. The van der Waals surface area contributed by atoms with Gasteiger partial charge in [-0.2, -0.15) is 16.7 Å². The van der Waals surface area contributed by atoms with Gasteiger partial charge in [-0.15, -0.1) is 0 Å². The Morgan fingerprint density at radius 1 is 1.38 bits per heavy atom. The highest BCUT2D eigenvalue weighted by Gasteiger charge is 2.23. The number of halogens is 1. The maximum atomic E-state index is 5.88. The SMILES string of the molecule is CC1CN(c2cc(Cl)nc(N)n2)CC(C)S1. The third-order valence-corrected chi connectivity index (χ3v) is 3.86. The number of nitrogen functional groups attached to an aromatic ring is 1. The van der Waals surface area contributed by atoms with Crippen molar-refractivity contribution >= 4 is 35.1 Å². The summed E-state index contributed by atoms with van der Waals surface area (Å²) in [6.07, 6.45) is 0. The van der Waals surface area contributed by atoms with E-state index < -0.39 is 0 Å². The van der Waals surface area contributed by atoms with Crippen LogP contribution in [0.25, 0.3) is 0 Å². The predicted molar refractivity (Wildman–Crippen MR) is 70.2 cm³/mol. The number of hydrogen-bond acceptors (Lipinski definition) is 5. The second-order valence-electron chi connectivity index (χ2n) is 4.07. The molecule has 0 bridgehead atoms. The number of aromatic nitrogens is 2. The standard InChI is InChI=1S/C10H15ClN4S/c1-6-4-15(5-7(2)16-6)9-3-8(11)13-10(12)14-9/h3,6-7H,4-5H2,1-2H3,(H2,12,13,14). The maximum absolute atomic E-state index is 5.88. The van der Waals surface area contributed by atoms with Crippen molar-refractivity contribution in [1.29, 1.82) is 0 Å². The molecular formula is C10H15ClN4S. The zero-order valence-electron chi connectivity index (χ0n) is 9.35. The van der Waals surface area contributed by atoms with E-state index in [1.54, 1.807) is 6.07 Å². The molecule has 0 radical (unpaired) electrons. The van der Waals surface area contributed by atoms with Gasteiger partial charge in [0.1, 0.15) is 11.0 Å². The van der Waals surface area contributed by atoms with Crippen molar-refractivity contribution in [3.05, 3.63) is 11.2 Å². The monoisotopic (exact) mass is 258 g/mol. The minimum Gasteiger partial charge on any atom is -0.368 e. The van der Waals surface area contributed by atoms with Crippen molar-refractivity contribution in [1.82, 2.24) is 9.97 Å². The Labute approximate surface area is 105 Å². The van der Waals surface area contributed by atoms with Crippen molar-refractivity contribution < 1.29 is 0 Å². The summed E-state index contributed by atoms with van der Waals surface area (Å²) in [4.78, 5) is 10.3. The van der Waals surface area contributed by atoms with Gasteiger partial charge in [-0.1, -0.05) is 25.4 Å². The molecule has 0 amide bonds. The smallest absolute Gasteiger partial charge is 0.223 e. The summed E-state index contributed by atoms with van der Waals surface area (Å²) in [5, 5.41) is 1.60. The van der Waals surface area contributed by atoms with E-state index >= 15 is 0 Å². The molecule has 2 atom stereocenters. The second kappa shape index (κ2) is 4.67. The number of nitrogens with zero attached hydrogens (tertiary/aromatic N) is 3. The van der Waals surface area contributed by atoms with Crippen molar-refractivity contribution in [3.8, 4) is 0 Å². The van der Waals surface area contributed by atoms with Crippen LogP contribution < -0.4 is 10.6 Å². The van der Waals surface area contributed by atoms with Crippen molar-refractivity contribution in [3.63, 3.8) is 0 Å². The molecular weight excluding hydrogens is 244 g/mol. The Balaban J connectivity index is 2.22. The fraction of sp³-hybridized carbons (Fsp3) is 0.600. The summed E-state index contributed by atoms with van der Waals surface area (Å²) in [6.45, 7) is 6.39. The molecule has 1 aliphatic rings. The van der Waals surface area contributed by atoms with Crippen LogP contribution in [-0.4, -0.2) is 33.6 Å². The van der Waals surface area contributed by atoms with E-state index in [0.717, 1.165) is 18.9 Å². The van der Waals surface area contributed by atoms with Gasteiger partial charge in [0.15, 0.2) is 0 Å². The van der Waals surface area contributed by atoms with Gasteiger partial charge in [0, 0.05) is 29.7 Å². The van der Waals surface area contributed by atoms with Crippen molar-refractivity contribution in [2.24, 2.45) is 0 Å². The average molecular weight is 259 g/mol. The zero-order chi connectivity index (χ0) is 11.7. The molecule has 16 heavy (non-hydrogen) atoms. The number of thioether (sulfide) groups is 1. The minimum atomic E-state index is 0.237. The van der Waals surface area contributed by atoms with Crippen LogP contribution in [0.1, 0.15) is 13.8 Å². The lowest BCUT2D eigenvalue weighted by Gasteiger charge is -2.35. The van der Waals surface area contributed by atoms with E-state index in [0.29, 0.717) is 15.7 Å². The molecule has 4 nitrogen and oxygen atoms in total. The Morgan fingerprint density at radius 3 is 2.56 bits per heavy atom. The fourth-order valence-corrected chi connectivity index (χ4v) is 3.46. The van der Waals surface area contributed by atoms with Gasteiger partial charge < -0.3 is 10.6 Å². The topological polar surface area (TPSA) is 55.0 Å². The van der Waals surface area contributed by atoms with E-state index in [1.807, 2.05) is 11.8 Å². The highest BCUT2D eigenvalue weighted by atomic mass is 35.5. The molecule has 2 rings (SSSR count). The van der Waals surface area contributed by atoms with E-state index in [9.17, 15) is 0 Å². The molecule has 0 aromatic carbocycles. The third kappa shape index (κ3) is 2.71. The first-order valence-corrected chi connectivity index (χ1v) is 6.57. The van der Waals surface area contributed by atoms with Crippen molar-refractivity contribution in [2.45, 2.75) is 24.3 Å². The van der Waals surface area contributed by atoms with Crippen LogP contribution in [0.3, 0.4) is 0 Å². The molecule has 1 fully saturated rings. The first-order chi connectivity index (χ1) is 7.54. The van der Waals surface area contributed by atoms with Crippen LogP contribution >= 0.6 is 23.4 Å². The Bertz CT molecular complexity index is 357. The quantitative estimate of drug-likeness (QED) is 0.782. The molecule has 6 heteroatoms. The number of anilines is 2. The van der Waals surface area contributed by atoms with E-state index in [4.69, 9.17) is 17.3 Å². The summed E-state index contributed by atoms with van der Waals surface area (Å²) in [6, 6.07) is 1.77. The number of hydrogen-bond donors (Lipinski definition) is 1. The van der Waals surface area contributed by atoms with Crippen LogP contribution in [0.15, 0.2) is 6.07 Å². The van der Waals surface area contributed by atoms with E-state index in [-0.39, 0.29) is 5.95 Å². The van der Waals surface area contributed by atoms with Gasteiger partial charge in [-0.25, -0.2) is 4.98 Å². The van der Waals surface area contributed by atoms with Crippen LogP contribution in [0.4, 0.5) is 11.8 Å². The van der Waals surface area contributed by atoms with Gasteiger partial charge in [-0.3, -0.25) is 0 Å². The number of rotatable bonds is 1. The van der Waals surface area contributed by atoms with Gasteiger partial charge >= 0.3 is 0 Å². The number of nitrogens with two attached hydrogens (primary N) is 1. The lowest BCUT2D eigenvalue weighted by atomic mass is 10.3. The molecule has 2 N–H and O–H groups in total. The van der Waals surface area contributed by atoms with Crippen LogP contribution in [0, 0.1) is 0 Å². The van der Waals surface area contributed by atoms with Gasteiger partial charge in [0.05, 0.1) is 0 Å². The molecule has 0 saturated carbocycles. The molecule has 0 spiro atoms. The predicted octanol–water partition coefficient (Wildman–Crippen LogP) is 2.04. The second-order valence-corrected chi connectivity index (χ2v) is 6.34. The molecule has 2 heterocycles. The highest BCUT2D eigenvalue weighted by molar-refractivity contribution is 8.00. The fourth-order valence-electron chi connectivity index (χ4n) is 1.95. The molecule has 1 saturated heterocycles. The van der Waals surface area contributed by atoms with Crippen LogP contribution in [-0.2, 0) is 0 Å². The molecule has 2 unspecified atom stereocenters. The Kier molecular flexibility index (Phi) is 3.44. The molecule has 1 aromatic rings. The van der Waals surface area contributed by atoms with Crippen LogP contribution in [0.2, 0.25) is 5.15 Å². The lowest BCUT2D eigenvalue weighted by molar-refractivity contribution is 0.718. The summed E-state index contributed by atoms with van der Waals surface area (Å²) in [7, 11) is 0. The highest BCUT2D eigenvalue weighted by Crippen LogP contribution is 2.28. The van der Waals surface area contributed by atoms with E-state index in [2.05, 4.69) is 28.7 Å². The Morgan fingerprint density at radius 2 is 2.00 bits per heavy atom. The zero-order valence-corrected chi connectivity index (χ0v) is 10.9. The molecule has 0 aliphatic carbocycles. The first-order valence-electron chi connectivity index (χ1n) is 5.25. The van der Waals surface area contributed by atoms with Gasteiger partial charge in [-0.05, 0) is 0 Å². The van der Waals surface area contributed by atoms with Gasteiger partial charge in [0.2, 0.25) is 5.95 Å². The van der Waals surface area contributed by atoms with E-state index in [1.165, 1.54) is 0 Å². The summed E-state index contributed by atoms with van der Waals surface area (Å²) >= 11 is 7.88. The van der Waals surface area contributed by atoms with Gasteiger partial charge in [0.25, 0.3) is 0 Å². The van der Waals surface area contributed by atoms with Crippen molar-refractivity contribution in [2.75, 3.05) is 23.7 Å². The molecule has 88 valence electrons. The normalized spacial score (nSPS) is 25.8. The summed E-state index contributed by atoms with van der Waals surface area (Å²) in [5.74, 6) is 1.07.